The van der Waals surface area contributed by atoms with E-state index in [0.717, 1.165) is 17.8 Å². The van der Waals surface area contributed by atoms with E-state index in [0.29, 0.717) is 6.42 Å². The van der Waals surface area contributed by atoms with Gasteiger partial charge in [-0.2, -0.15) is 0 Å². The Hall–Kier alpha value is -3.93. The normalized spacial score (nSPS) is 32.4. The Morgan fingerprint density at radius 1 is 0.983 bits per heavy atom. The predicted octanol–water partition coefficient (Wildman–Crippen LogP) is 3.19. The number of ketones is 1. The van der Waals surface area contributed by atoms with Crippen molar-refractivity contribution in [2.75, 3.05) is 13.2 Å². The second-order valence-corrected chi connectivity index (χ2v) is 23.6. The Morgan fingerprint density at radius 3 is 2.22 bits per heavy atom. The number of esters is 4. The maximum atomic E-state index is 15.8. The molecule has 17 nitrogen and oxygen atoms in total. The molecular weight excluding hydrogens is 975 g/mol. The summed E-state index contributed by atoms with van der Waals surface area (Å²) in [6, 6.07) is 6.70. The van der Waals surface area contributed by atoms with Crippen molar-refractivity contribution in [3.63, 3.8) is 0 Å². The zero-order valence-corrected chi connectivity index (χ0v) is 41.1. The first-order valence-electron chi connectivity index (χ1n) is 20.3. The smallest absolute Gasteiger partial charge is 0.0530 e. The molecule has 60 heavy (non-hydrogen) atoms. The van der Waals surface area contributed by atoms with E-state index in [1.54, 1.807) is 32.0 Å². The molecule has 3 aliphatic carbocycles. The van der Waals surface area contributed by atoms with Crippen molar-refractivity contribution in [2.24, 2.45) is 16.7 Å². The quantitative estimate of drug-likeness (QED) is 0.0846. The molecule has 3 fully saturated rings. The number of hydrogen-bond acceptors (Lipinski definition) is 16. The molecule has 0 aromatic heterocycles. The molecular formula is C42H55HgNO16. The minimum Gasteiger partial charge on any atom is -0.0530 e. The summed E-state index contributed by atoms with van der Waals surface area (Å²) in [5, 5.41) is 27.0. The number of ether oxygens (including phenoxy) is 7. The van der Waals surface area contributed by atoms with Crippen LogP contribution >= 0.6 is 0 Å². The summed E-state index contributed by atoms with van der Waals surface area (Å²) in [5.41, 5.74) is -7.79. The first kappa shape index (κ1) is 47.1. The number of aliphatic hydroxyl groups excluding tert-OH is 1. The number of amides is 1. The van der Waals surface area contributed by atoms with Gasteiger partial charge in [0.05, 0.1) is 11.6 Å². The molecule has 1 aromatic carbocycles. The molecule has 2 bridgehead atoms. The van der Waals surface area contributed by atoms with Gasteiger partial charge >= 0.3 is 215 Å². The number of carbonyl (C=O) groups excluding carboxylic acids is 7. The molecule has 18 heteroatoms. The van der Waals surface area contributed by atoms with Crippen LogP contribution in [0, 0.1) is 16.7 Å². The molecule has 0 spiro atoms. The minimum atomic E-state index is -2.40. The fourth-order valence-corrected chi connectivity index (χ4v) is 12.4. The monoisotopic (exact) mass is 1030 g/mol. The SMILES string of the molecule is [CH3][Hg][CH2]CCOC(=O)O[C@H]1C[C@H]2OC[C@@]2(OC(C)=O)[C@H]2[C@H](OC(=O)c3ccccc3)[C@]3(O)C[C@H](OC(=O)[C@H](O)[C@H](C)NC(C)=O)C(C)=C([C@@H](OC(C)=O)C(=O)[C@]12C)C3(C)C. The number of rotatable bonds is 13. The van der Waals surface area contributed by atoms with Gasteiger partial charge < -0.3 is 15.2 Å². The summed E-state index contributed by atoms with van der Waals surface area (Å²) in [7, 11) is 0. The van der Waals surface area contributed by atoms with Crippen LogP contribution in [0.3, 0.4) is 0 Å². The molecule has 0 unspecified atom stereocenters. The zero-order chi connectivity index (χ0) is 44.5. The Balaban J connectivity index is 1.80. The second kappa shape index (κ2) is 18.2. The third-order valence-corrected chi connectivity index (χ3v) is 17.5. The molecule has 1 aliphatic heterocycles. The topological polar surface area (TPSA) is 237 Å². The number of fused-ring (bicyclic) bond motifs is 5. The number of nitrogens with one attached hydrogen (secondary N) is 1. The number of Topliss-reactive ketones (excluding diaryl/α,β-unsaturated/α-hetero) is 1. The molecule has 326 valence electrons. The Bertz CT molecular complexity index is 1900. The van der Waals surface area contributed by atoms with Crippen molar-refractivity contribution >= 4 is 41.7 Å². The van der Waals surface area contributed by atoms with Crippen LogP contribution in [0.2, 0.25) is 8.36 Å². The summed E-state index contributed by atoms with van der Waals surface area (Å²) in [6.07, 6.45) is -10.8. The predicted molar refractivity (Wildman–Crippen MR) is 203 cm³/mol. The molecule has 3 N–H and O–H groups in total. The average molecular weight is 1030 g/mol. The van der Waals surface area contributed by atoms with Crippen molar-refractivity contribution in [1.29, 1.82) is 0 Å². The molecule has 1 heterocycles. The van der Waals surface area contributed by atoms with Gasteiger partial charge in [0.25, 0.3) is 0 Å². The van der Waals surface area contributed by atoms with Gasteiger partial charge in [0, 0.05) is 20.8 Å². The van der Waals surface area contributed by atoms with Gasteiger partial charge in [-0.05, 0) is 26.0 Å². The van der Waals surface area contributed by atoms with E-state index in [4.69, 9.17) is 33.2 Å². The van der Waals surface area contributed by atoms with Crippen LogP contribution in [0.5, 0.6) is 0 Å². The second-order valence-electron chi connectivity index (χ2n) is 17.0. The standard InChI is InChI=1S/C41H52NO16.CH3.Hg/c1-10-16-52-37(50)56-27-17-28-40(19-53-28,58-24(6)45)32-34(57-35(48)25-14-12-11-13-15-25)41(51)18-26(55-36(49)30(46)21(3)42-22(4)43)20(2)29(38(41,7)8)31(54-23(5)44)33(47)39(27,32)9;;/h11-15,21,26-28,30-32,34,46,51H,1,10,16-19H2,2-9H3,(H,42,43);1H3;/t21-,26-,27-,28+,30+,31+,32-,34-,39+,40-,41+;;/m0../s1. The minimum absolute atomic E-state index is 0.0137. The van der Waals surface area contributed by atoms with E-state index in [9.17, 15) is 39.0 Å². The fraction of sp³-hybridized carbons (Fsp3) is 0.643. The van der Waals surface area contributed by atoms with Gasteiger partial charge in [-0.25, -0.2) is 9.59 Å². The van der Waals surface area contributed by atoms with E-state index in [1.165, 1.54) is 39.8 Å². The zero-order valence-electron chi connectivity index (χ0n) is 35.6. The van der Waals surface area contributed by atoms with Gasteiger partial charge in [-0.1, -0.05) is 32.0 Å². The van der Waals surface area contributed by atoms with Gasteiger partial charge in [0.2, 0.25) is 5.91 Å². The number of carbonyl (C=O) groups is 7. The molecule has 1 saturated heterocycles. The summed E-state index contributed by atoms with van der Waals surface area (Å²) >= 11 is -1.01. The van der Waals surface area contributed by atoms with Crippen LogP contribution in [-0.2, 0) is 81.7 Å². The van der Waals surface area contributed by atoms with Crippen molar-refractivity contribution in [3.8, 4) is 0 Å². The van der Waals surface area contributed by atoms with Crippen LogP contribution in [0.1, 0.15) is 85.0 Å². The van der Waals surface area contributed by atoms with Crippen LogP contribution < -0.4 is 5.32 Å². The van der Waals surface area contributed by atoms with Crippen LogP contribution in [-0.4, -0.2) is 119 Å². The Morgan fingerprint density at radius 2 is 1.65 bits per heavy atom. The maximum absolute atomic E-state index is 15.8. The van der Waals surface area contributed by atoms with Gasteiger partial charge in [-0.15, -0.1) is 0 Å². The van der Waals surface area contributed by atoms with Crippen molar-refractivity contribution < 1.29 is 102 Å². The van der Waals surface area contributed by atoms with Crippen LogP contribution in [0.25, 0.3) is 0 Å². The van der Waals surface area contributed by atoms with E-state index in [1.807, 2.05) is 0 Å². The van der Waals surface area contributed by atoms with Gasteiger partial charge in [0.1, 0.15) is 6.10 Å². The molecule has 5 rings (SSSR count). The van der Waals surface area contributed by atoms with E-state index < -0.39 is 143 Å². The number of aliphatic hydroxyl groups is 2. The summed E-state index contributed by atoms with van der Waals surface area (Å²) in [4.78, 5) is 95.1. The van der Waals surface area contributed by atoms with Crippen molar-refractivity contribution in [2.45, 2.75) is 137 Å². The number of hydrogen-bond donors (Lipinski definition) is 3. The van der Waals surface area contributed by atoms with E-state index in [2.05, 4.69) is 9.75 Å². The van der Waals surface area contributed by atoms with E-state index >= 15 is 4.79 Å². The van der Waals surface area contributed by atoms with Crippen LogP contribution in [0.15, 0.2) is 41.5 Å². The average Bonchev–Trinajstić information content (AvgIpc) is 3.16. The van der Waals surface area contributed by atoms with Crippen LogP contribution in [0.4, 0.5) is 4.79 Å². The Kier molecular flexibility index (Phi) is 14.3. The number of benzene rings is 1. The first-order valence-corrected chi connectivity index (χ1v) is 29.7. The molecule has 1 amide bonds. The van der Waals surface area contributed by atoms with Crippen molar-refractivity contribution in [3.05, 3.63) is 47.0 Å². The molecule has 1 aromatic rings. The third kappa shape index (κ3) is 8.60. The third-order valence-electron chi connectivity index (χ3n) is 12.8. The van der Waals surface area contributed by atoms with E-state index in [-0.39, 0.29) is 36.3 Å². The van der Waals surface area contributed by atoms with Gasteiger partial charge in [-0.3, -0.25) is 14.4 Å². The van der Waals surface area contributed by atoms with Crippen molar-refractivity contribution in [1.82, 2.24) is 5.32 Å². The summed E-state index contributed by atoms with van der Waals surface area (Å²) in [6.45, 7) is 10.6. The molecule has 11 atom stereocenters. The summed E-state index contributed by atoms with van der Waals surface area (Å²) < 4.78 is 45.0. The molecule has 4 aliphatic rings. The molecule has 0 radical (unpaired) electrons. The molecule has 2 saturated carbocycles. The fourth-order valence-electron chi connectivity index (χ4n) is 9.64. The van der Waals surface area contributed by atoms with Gasteiger partial charge in [0.15, 0.2) is 6.10 Å². The summed E-state index contributed by atoms with van der Waals surface area (Å²) in [5.74, 6) is -6.85. The first-order chi connectivity index (χ1) is 28.1. The Labute approximate surface area is 360 Å².